The van der Waals surface area contributed by atoms with Crippen LogP contribution in [0.4, 0.5) is 0 Å². The van der Waals surface area contributed by atoms with Crippen LogP contribution < -0.4 is 5.32 Å². The van der Waals surface area contributed by atoms with E-state index in [-0.39, 0.29) is 11.8 Å². The zero-order chi connectivity index (χ0) is 13.7. The van der Waals surface area contributed by atoms with Crippen LogP contribution in [0.25, 0.3) is 0 Å². The first kappa shape index (κ1) is 14.4. The molecule has 0 radical (unpaired) electrons. The van der Waals surface area contributed by atoms with Gasteiger partial charge in [-0.05, 0) is 31.6 Å². The SMILES string of the molecule is O=C(O)C1CCCCC1C(=O)NCC1CCCCC1. The van der Waals surface area contributed by atoms with Crippen LogP contribution in [-0.4, -0.2) is 23.5 Å². The van der Waals surface area contributed by atoms with Crippen molar-refractivity contribution in [2.45, 2.75) is 57.8 Å². The van der Waals surface area contributed by atoms with Gasteiger partial charge in [0.2, 0.25) is 5.91 Å². The smallest absolute Gasteiger partial charge is 0.307 e. The number of aliphatic carboxylic acids is 1. The van der Waals surface area contributed by atoms with E-state index >= 15 is 0 Å². The first-order valence-corrected chi connectivity index (χ1v) is 7.69. The topological polar surface area (TPSA) is 66.4 Å². The van der Waals surface area contributed by atoms with Gasteiger partial charge in [0, 0.05) is 6.54 Å². The van der Waals surface area contributed by atoms with E-state index in [9.17, 15) is 14.7 Å². The summed E-state index contributed by atoms with van der Waals surface area (Å²) in [6, 6.07) is 0. The van der Waals surface area contributed by atoms with Crippen molar-refractivity contribution >= 4 is 11.9 Å². The van der Waals surface area contributed by atoms with Crippen LogP contribution in [0, 0.1) is 17.8 Å². The average molecular weight is 267 g/mol. The van der Waals surface area contributed by atoms with Crippen molar-refractivity contribution in [3.63, 3.8) is 0 Å². The Labute approximate surface area is 115 Å². The van der Waals surface area contributed by atoms with Crippen LogP contribution in [0.1, 0.15) is 57.8 Å². The van der Waals surface area contributed by atoms with Gasteiger partial charge in [0.15, 0.2) is 0 Å². The Kier molecular flexibility index (Phi) is 5.23. The number of nitrogens with one attached hydrogen (secondary N) is 1. The monoisotopic (exact) mass is 267 g/mol. The third-order valence-corrected chi connectivity index (χ3v) is 4.71. The molecule has 2 N–H and O–H groups in total. The second kappa shape index (κ2) is 6.92. The van der Waals surface area contributed by atoms with Crippen molar-refractivity contribution < 1.29 is 14.7 Å². The lowest BCUT2D eigenvalue weighted by atomic mass is 9.78. The minimum Gasteiger partial charge on any atom is -0.481 e. The lowest BCUT2D eigenvalue weighted by Crippen LogP contribution is -2.41. The quantitative estimate of drug-likeness (QED) is 0.822. The molecule has 0 bridgehead atoms. The van der Waals surface area contributed by atoms with Gasteiger partial charge in [-0.15, -0.1) is 0 Å². The molecule has 2 aliphatic carbocycles. The minimum absolute atomic E-state index is 0.0299. The van der Waals surface area contributed by atoms with E-state index in [0.717, 1.165) is 25.8 Å². The molecule has 0 spiro atoms. The molecule has 2 saturated carbocycles. The van der Waals surface area contributed by atoms with Gasteiger partial charge in [0.05, 0.1) is 11.8 Å². The maximum atomic E-state index is 12.2. The van der Waals surface area contributed by atoms with Crippen LogP contribution >= 0.6 is 0 Å². The molecule has 2 unspecified atom stereocenters. The number of carboxylic acids is 1. The molecule has 19 heavy (non-hydrogen) atoms. The van der Waals surface area contributed by atoms with Crippen molar-refractivity contribution in [2.24, 2.45) is 17.8 Å². The van der Waals surface area contributed by atoms with Crippen molar-refractivity contribution in [1.82, 2.24) is 5.32 Å². The summed E-state index contributed by atoms with van der Waals surface area (Å²) in [5.41, 5.74) is 0. The van der Waals surface area contributed by atoms with E-state index in [1.165, 1.54) is 32.1 Å². The number of carboxylic acid groups (broad SMARTS) is 1. The largest absolute Gasteiger partial charge is 0.481 e. The van der Waals surface area contributed by atoms with Gasteiger partial charge in [0.1, 0.15) is 0 Å². The summed E-state index contributed by atoms with van der Waals surface area (Å²) in [5.74, 6) is -1.02. The molecule has 2 atom stereocenters. The van der Waals surface area contributed by atoms with Crippen molar-refractivity contribution in [3.05, 3.63) is 0 Å². The predicted octanol–water partition coefficient (Wildman–Crippen LogP) is 2.57. The fraction of sp³-hybridized carbons (Fsp3) is 0.867. The first-order valence-electron chi connectivity index (χ1n) is 7.69. The summed E-state index contributed by atoms with van der Waals surface area (Å²) in [7, 11) is 0. The second-order valence-corrected chi connectivity index (χ2v) is 6.08. The fourth-order valence-electron chi connectivity index (χ4n) is 3.51. The van der Waals surface area contributed by atoms with E-state index in [1.54, 1.807) is 0 Å². The molecule has 2 aliphatic rings. The number of hydrogen-bond donors (Lipinski definition) is 2. The minimum atomic E-state index is -0.808. The number of carbonyl (C=O) groups is 2. The molecule has 0 saturated heterocycles. The van der Waals surface area contributed by atoms with Crippen molar-refractivity contribution in [1.29, 1.82) is 0 Å². The van der Waals surface area contributed by atoms with Gasteiger partial charge < -0.3 is 10.4 Å². The third-order valence-electron chi connectivity index (χ3n) is 4.71. The Morgan fingerprint density at radius 2 is 1.47 bits per heavy atom. The molecule has 2 fully saturated rings. The fourth-order valence-corrected chi connectivity index (χ4v) is 3.51. The van der Waals surface area contributed by atoms with Crippen LogP contribution in [-0.2, 0) is 9.59 Å². The number of carbonyl (C=O) groups excluding carboxylic acids is 1. The average Bonchev–Trinajstić information content (AvgIpc) is 2.46. The summed E-state index contributed by atoms with van der Waals surface area (Å²) in [6.07, 6.45) is 9.54. The highest BCUT2D eigenvalue weighted by molar-refractivity contribution is 5.84. The highest BCUT2D eigenvalue weighted by atomic mass is 16.4. The molecule has 0 aromatic rings. The predicted molar refractivity (Wildman–Crippen MR) is 72.7 cm³/mol. The Morgan fingerprint density at radius 3 is 2.11 bits per heavy atom. The maximum absolute atomic E-state index is 12.2. The molecule has 1 amide bonds. The summed E-state index contributed by atoms with van der Waals surface area (Å²) >= 11 is 0. The van der Waals surface area contributed by atoms with Gasteiger partial charge in [-0.2, -0.15) is 0 Å². The van der Waals surface area contributed by atoms with E-state index in [1.807, 2.05) is 0 Å². The van der Waals surface area contributed by atoms with Gasteiger partial charge in [-0.25, -0.2) is 0 Å². The van der Waals surface area contributed by atoms with Crippen LogP contribution in [0.2, 0.25) is 0 Å². The van der Waals surface area contributed by atoms with E-state index in [2.05, 4.69) is 5.32 Å². The van der Waals surface area contributed by atoms with Gasteiger partial charge >= 0.3 is 5.97 Å². The highest BCUT2D eigenvalue weighted by Gasteiger charge is 2.35. The Morgan fingerprint density at radius 1 is 0.895 bits per heavy atom. The molecule has 0 heterocycles. The van der Waals surface area contributed by atoms with Gasteiger partial charge in [-0.3, -0.25) is 9.59 Å². The highest BCUT2D eigenvalue weighted by Crippen LogP contribution is 2.30. The number of rotatable bonds is 4. The molecule has 108 valence electrons. The van der Waals surface area contributed by atoms with Crippen molar-refractivity contribution in [3.8, 4) is 0 Å². The zero-order valence-corrected chi connectivity index (χ0v) is 11.6. The molecule has 2 rings (SSSR count). The van der Waals surface area contributed by atoms with E-state index < -0.39 is 11.9 Å². The third kappa shape index (κ3) is 3.95. The lowest BCUT2D eigenvalue weighted by molar-refractivity contribution is -0.149. The van der Waals surface area contributed by atoms with Crippen LogP contribution in [0.15, 0.2) is 0 Å². The maximum Gasteiger partial charge on any atom is 0.307 e. The number of amides is 1. The molecule has 0 aliphatic heterocycles. The Balaban J connectivity index is 1.81. The zero-order valence-electron chi connectivity index (χ0n) is 11.6. The molecular weight excluding hydrogens is 242 g/mol. The van der Waals surface area contributed by atoms with Gasteiger partial charge in [-0.1, -0.05) is 32.1 Å². The molecule has 4 nitrogen and oxygen atoms in total. The normalized spacial score (nSPS) is 28.8. The molecule has 0 aromatic heterocycles. The van der Waals surface area contributed by atoms with E-state index in [4.69, 9.17) is 0 Å². The van der Waals surface area contributed by atoms with Crippen molar-refractivity contribution in [2.75, 3.05) is 6.54 Å². The summed E-state index contributed by atoms with van der Waals surface area (Å²) in [4.78, 5) is 23.4. The molecule has 4 heteroatoms. The lowest BCUT2D eigenvalue weighted by Gasteiger charge is -2.29. The standard InChI is InChI=1S/C15H25NO3/c17-14(16-10-11-6-2-1-3-7-11)12-8-4-5-9-13(12)15(18)19/h11-13H,1-10H2,(H,16,17)(H,18,19). The second-order valence-electron chi connectivity index (χ2n) is 6.08. The van der Waals surface area contributed by atoms with Crippen LogP contribution in [0.5, 0.6) is 0 Å². The molecule has 0 aromatic carbocycles. The summed E-state index contributed by atoms with van der Waals surface area (Å²) < 4.78 is 0. The molecular formula is C15H25NO3. The Bertz CT molecular complexity index is 323. The summed E-state index contributed by atoms with van der Waals surface area (Å²) in [5, 5.41) is 12.2. The number of hydrogen-bond acceptors (Lipinski definition) is 2. The van der Waals surface area contributed by atoms with Gasteiger partial charge in [0.25, 0.3) is 0 Å². The van der Waals surface area contributed by atoms with E-state index in [0.29, 0.717) is 12.3 Å². The summed E-state index contributed by atoms with van der Waals surface area (Å²) in [6.45, 7) is 0.738. The van der Waals surface area contributed by atoms with Crippen LogP contribution in [0.3, 0.4) is 0 Å². The Hall–Kier alpha value is -1.06. The first-order chi connectivity index (χ1) is 9.18.